The Morgan fingerprint density at radius 3 is 2.48 bits per heavy atom. The van der Waals surface area contributed by atoms with Crippen LogP contribution in [0.2, 0.25) is 0 Å². The molecular formula is C17H17F2N3O4S. The molecule has 0 atom stereocenters. The first-order chi connectivity index (χ1) is 12.9. The van der Waals surface area contributed by atoms with Gasteiger partial charge in [0.1, 0.15) is 10.6 Å². The molecule has 3 rings (SSSR count). The van der Waals surface area contributed by atoms with Gasteiger partial charge in [-0.3, -0.25) is 9.78 Å². The third-order valence-electron chi connectivity index (χ3n) is 4.00. The van der Waals surface area contributed by atoms with Crippen LogP contribution < -0.4 is 5.32 Å². The Hall–Kier alpha value is -2.43. The third kappa shape index (κ3) is 4.29. The molecule has 144 valence electrons. The standard InChI is InChI=1S/C17H17F2N3O4S/c18-16(19)14-6-5-12(11-20-14)17(23)21-13-3-1-2-4-15(13)27(24,25)22-7-9-26-10-8-22/h1-6,11,16H,7-10H2,(H,21,23). The summed E-state index contributed by atoms with van der Waals surface area (Å²) in [6.45, 7) is 1.05. The van der Waals surface area contributed by atoms with Crippen molar-refractivity contribution in [3.05, 3.63) is 53.9 Å². The van der Waals surface area contributed by atoms with Crippen molar-refractivity contribution in [1.29, 1.82) is 0 Å². The lowest BCUT2D eigenvalue weighted by Crippen LogP contribution is -2.40. The number of para-hydroxylation sites is 1. The van der Waals surface area contributed by atoms with E-state index in [1.165, 1.54) is 22.5 Å². The number of morpholine rings is 1. The summed E-state index contributed by atoms with van der Waals surface area (Å²) in [5, 5.41) is 2.52. The van der Waals surface area contributed by atoms with E-state index in [1.807, 2.05) is 0 Å². The highest BCUT2D eigenvalue weighted by Gasteiger charge is 2.29. The quantitative estimate of drug-likeness (QED) is 0.836. The Kier molecular flexibility index (Phi) is 5.78. The summed E-state index contributed by atoms with van der Waals surface area (Å²) in [5.41, 5.74) is -0.299. The monoisotopic (exact) mass is 397 g/mol. The van der Waals surface area contributed by atoms with Crippen molar-refractivity contribution in [2.75, 3.05) is 31.6 Å². The number of hydrogen-bond donors (Lipinski definition) is 1. The van der Waals surface area contributed by atoms with Crippen LogP contribution >= 0.6 is 0 Å². The number of amides is 1. The summed E-state index contributed by atoms with van der Waals surface area (Å²) in [6.07, 6.45) is -1.71. The van der Waals surface area contributed by atoms with E-state index >= 15 is 0 Å². The maximum atomic E-state index is 12.9. The Morgan fingerprint density at radius 2 is 1.85 bits per heavy atom. The number of alkyl halides is 2. The molecule has 2 heterocycles. The number of carbonyl (C=O) groups is 1. The van der Waals surface area contributed by atoms with Crippen LogP contribution in [-0.4, -0.2) is 49.9 Å². The molecular weight excluding hydrogens is 380 g/mol. The van der Waals surface area contributed by atoms with Gasteiger partial charge >= 0.3 is 0 Å². The average molecular weight is 397 g/mol. The van der Waals surface area contributed by atoms with E-state index in [4.69, 9.17) is 4.74 Å². The topological polar surface area (TPSA) is 88.6 Å². The molecule has 0 aliphatic carbocycles. The van der Waals surface area contributed by atoms with Crippen molar-refractivity contribution in [2.24, 2.45) is 0 Å². The molecule has 7 nitrogen and oxygen atoms in total. The van der Waals surface area contributed by atoms with Crippen LogP contribution in [0.4, 0.5) is 14.5 Å². The van der Waals surface area contributed by atoms with Crippen LogP contribution in [0.25, 0.3) is 0 Å². The normalized spacial score (nSPS) is 15.7. The zero-order valence-corrected chi connectivity index (χ0v) is 15.0. The SMILES string of the molecule is O=C(Nc1ccccc1S(=O)(=O)N1CCOCC1)c1ccc(C(F)F)nc1. The molecule has 1 saturated heterocycles. The summed E-state index contributed by atoms with van der Waals surface area (Å²) < 4.78 is 57.3. The number of anilines is 1. The number of hydrogen-bond acceptors (Lipinski definition) is 5. The van der Waals surface area contributed by atoms with Crippen LogP contribution in [0.3, 0.4) is 0 Å². The molecule has 1 aromatic carbocycles. The van der Waals surface area contributed by atoms with Gasteiger partial charge in [-0.15, -0.1) is 0 Å². The van der Waals surface area contributed by atoms with E-state index in [0.717, 1.165) is 12.3 Å². The summed E-state index contributed by atoms with van der Waals surface area (Å²) in [6, 6.07) is 8.28. The molecule has 0 spiro atoms. The molecule has 0 radical (unpaired) electrons. The van der Waals surface area contributed by atoms with Gasteiger partial charge in [0.05, 0.1) is 24.5 Å². The van der Waals surface area contributed by atoms with E-state index in [2.05, 4.69) is 10.3 Å². The van der Waals surface area contributed by atoms with E-state index < -0.39 is 28.0 Å². The number of aromatic nitrogens is 1. The number of nitrogens with one attached hydrogen (secondary N) is 1. The van der Waals surface area contributed by atoms with Crippen molar-refractivity contribution in [3.8, 4) is 0 Å². The van der Waals surface area contributed by atoms with E-state index in [1.54, 1.807) is 12.1 Å². The lowest BCUT2D eigenvalue weighted by atomic mass is 10.2. The average Bonchev–Trinajstić information content (AvgIpc) is 2.69. The number of rotatable bonds is 5. The van der Waals surface area contributed by atoms with Gasteiger partial charge in [0, 0.05) is 19.3 Å². The lowest BCUT2D eigenvalue weighted by molar-refractivity contribution is 0.0730. The number of sulfonamides is 1. The van der Waals surface area contributed by atoms with Gasteiger partial charge in [-0.2, -0.15) is 4.31 Å². The Morgan fingerprint density at radius 1 is 1.15 bits per heavy atom. The second-order valence-electron chi connectivity index (χ2n) is 5.74. The minimum absolute atomic E-state index is 0.0398. The fourth-order valence-electron chi connectivity index (χ4n) is 2.58. The van der Waals surface area contributed by atoms with E-state index in [-0.39, 0.29) is 29.2 Å². The first-order valence-corrected chi connectivity index (χ1v) is 9.56. The molecule has 1 aromatic heterocycles. The van der Waals surface area contributed by atoms with Crippen molar-refractivity contribution in [1.82, 2.24) is 9.29 Å². The lowest BCUT2D eigenvalue weighted by Gasteiger charge is -2.26. The molecule has 1 aliphatic rings. The van der Waals surface area contributed by atoms with Gasteiger partial charge in [-0.25, -0.2) is 17.2 Å². The molecule has 27 heavy (non-hydrogen) atoms. The Labute approximate surface area is 155 Å². The van der Waals surface area contributed by atoms with Crippen LogP contribution in [0.5, 0.6) is 0 Å². The zero-order chi connectivity index (χ0) is 19.4. The highest BCUT2D eigenvalue weighted by atomic mass is 32.2. The van der Waals surface area contributed by atoms with Crippen molar-refractivity contribution in [2.45, 2.75) is 11.3 Å². The Balaban J connectivity index is 1.84. The van der Waals surface area contributed by atoms with Crippen LogP contribution in [0, 0.1) is 0 Å². The van der Waals surface area contributed by atoms with Crippen LogP contribution in [-0.2, 0) is 14.8 Å². The maximum absolute atomic E-state index is 12.9. The minimum atomic E-state index is -3.81. The second kappa shape index (κ2) is 8.07. The summed E-state index contributed by atoms with van der Waals surface area (Å²) in [7, 11) is -3.81. The smallest absolute Gasteiger partial charge is 0.280 e. The maximum Gasteiger partial charge on any atom is 0.280 e. The van der Waals surface area contributed by atoms with Gasteiger partial charge in [0.25, 0.3) is 12.3 Å². The Bertz CT molecular complexity index is 914. The van der Waals surface area contributed by atoms with Gasteiger partial charge in [-0.05, 0) is 24.3 Å². The number of pyridine rings is 1. The van der Waals surface area contributed by atoms with Gasteiger partial charge in [0.2, 0.25) is 10.0 Å². The third-order valence-corrected chi connectivity index (χ3v) is 5.95. The summed E-state index contributed by atoms with van der Waals surface area (Å²) in [5.74, 6) is -0.645. The number of nitrogens with zero attached hydrogens (tertiary/aromatic N) is 2. The zero-order valence-electron chi connectivity index (χ0n) is 14.1. The highest BCUT2D eigenvalue weighted by molar-refractivity contribution is 7.89. The molecule has 0 unspecified atom stereocenters. The molecule has 0 bridgehead atoms. The predicted molar refractivity (Wildman–Crippen MR) is 93.2 cm³/mol. The molecule has 0 saturated carbocycles. The molecule has 1 aliphatic heterocycles. The summed E-state index contributed by atoms with van der Waals surface area (Å²) in [4.78, 5) is 15.9. The van der Waals surface area contributed by atoms with Crippen molar-refractivity contribution < 1.29 is 26.7 Å². The molecule has 1 amide bonds. The van der Waals surface area contributed by atoms with Gasteiger partial charge in [0.15, 0.2) is 0 Å². The first kappa shape index (κ1) is 19.3. The predicted octanol–water partition coefficient (Wildman–Crippen LogP) is 2.29. The molecule has 1 fully saturated rings. The van der Waals surface area contributed by atoms with Crippen molar-refractivity contribution in [3.63, 3.8) is 0 Å². The highest BCUT2D eigenvalue weighted by Crippen LogP contribution is 2.26. The van der Waals surface area contributed by atoms with Crippen LogP contribution in [0.15, 0.2) is 47.5 Å². The fourth-order valence-corrected chi connectivity index (χ4v) is 4.14. The number of halogens is 2. The van der Waals surface area contributed by atoms with Gasteiger partial charge < -0.3 is 10.1 Å². The van der Waals surface area contributed by atoms with Crippen molar-refractivity contribution >= 4 is 21.6 Å². The first-order valence-electron chi connectivity index (χ1n) is 8.12. The van der Waals surface area contributed by atoms with E-state index in [0.29, 0.717) is 13.2 Å². The van der Waals surface area contributed by atoms with Crippen LogP contribution in [0.1, 0.15) is 22.5 Å². The number of ether oxygens (including phenoxy) is 1. The second-order valence-corrected chi connectivity index (χ2v) is 7.65. The number of benzene rings is 1. The largest absolute Gasteiger partial charge is 0.379 e. The fraction of sp³-hybridized carbons (Fsp3) is 0.294. The number of carbonyl (C=O) groups excluding carboxylic acids is 1. The summed E-state index contributed by atoms with van der Waals surface area (Å²) >= 11 is 0. The van der Waals surface area contributed by atoms with Gasteiger partial charge in [-0.1, -0.05) is 12.1 Å². The minimum Gasteiger partial charge on any atom is -0.379 e. The molecule has 1 N–H and O–H groups in total. The molecule has 2 aromatic rings. The molecule has 10 heteroatoms. The van der Waals surface area contributed by atoms with E-state index in [9.17, 15) is 22.0 Å².